The van der Waals surface area contributed by atoms with E-state index >= 15 is 0 Å². The number of hydrogen-bond acceptors (Lipinski definition) is 5. The minimum atomic E-state index is -0.341. The molecule has 0 aliphatic carbocycles. The van der Waals surface area contributed by atoms with Crippen LogP contribution in [-0.2, 0) is 4.74 Å². The summed E-state index contributed by atoms with van der Waals surface area (Å²) in [5.41, 5.74) is 0. The third-order valence-electron chi connectivity index (χ3n) is 3.09. The van der Waals surface area contributed by atoms with Gasteiger partial charge in [0.2, 0.25) is 0 Å². The largest absolute Gasteiger partial charge is 0.491 e. The topological polar surface area (TPSA) is 36.9 Å². The van der Waals surface area contributed by atoms with Crippen LogP contribution >= 0.6 is 11.8 Å². The van der Waals surface area contributed by atoms with E-state index in [4.69, 9.17) is 18.9 Å². The number of fused-ring (bicyclic) bond motifs is 1. The lowest BCUT2D eigenvalue weighted by molar-refractivity contribution is -0.0739. The Morgan fingerprint density at radius 1 is 1.09 bits per heavy atom. The summed E-state index contributed by atoms with van der Waals surface area (Å²) in [5, 5.41) is 0. The van der Waals surface area contributed by atoms with Crippen molar-refractivity contribution in [3.63, 3.8) is 0 Å². The maximum atomic E-state index is 5.72. The van der Waals surface area contributed by atoms with Crippen LogP contribution < -0.4 is 14.2 Å². The monoisotopic (exact) mass is 318 g/mol. The molecule has 2 aromatic rings. The minimum absolute atomic E-state index is 0.341. The lowest BCUT2D eigenvalue weighted by Gasteiger charge is -2.16. The molecule has 4 nitrogen and oxygen atoms in total. The normalized spacial score (nSPS) is 14.0. The van der Waals surface area contributed by atoms with E-state index in [0.29, 0.717) is 19.2 Å². The molecule has 0 bridgehead atoms. The summed E-state index contributed by atoms with van der Waals surface area (Å²) >= 11 is 1.68. The van der Waals surface area contributed by atoms with Crippen LogP contribution in [0, 0.1) is 0 Å². The Morgan fingerprint density at radius 2 is 1.95 bits per heavy atom. The fourth-order valence-electron chi connectivity index (χ4n) is 2.07. The highest BCUT2D eigenvalue weighted by Crippen LogP contribution is 2.38. The molecule has 0 N–H and O–H groups in total. The van der Waals surface area contributed by atoms with Gasteiger partial charge < -0.3 is 18.9 Å². The first kappa shape index (κ1) is 15.1. The lowest BCUT2D eigenvalue weighted by atomic mass is 10.3. The fourth-order valence-corrected chi connectivity index (χ4v) is 2.80. The van der Waals surface area contributed by atoms with Gasteiger partial charge in [-0.05, 0) is 31.2 Å². The Bertz CT molecular complexity index is 603. The average molecular weight is 318 g/mol. The Balaban J connectivity index is 1.40. The Labute approximate surface area is 134 Å². The first-order valence-electron chi connectivity index (χ1n) is 7.17. The molecule has 1 heterocycles. The summed E-state index contributed by atoms with van der Waals surface area (Å²) < 4.78 is 22.4. The van der Waals surface area contributed by atoms with Crippen molar-refractivity contribution in [2.75, 3.05) is 19.2 Å². The number of rotatable bonds is 7. The van der Waals surface area contributed by atoms with E-state index in [1.54, 1.807) is 11.8 Å². The quantitative estimate of drug-likeness (QED) is 0.571. The van der Waals surface area contributed by atoms with Crippen LogP contribution in [0.1, 0.15) is 6.92 Å². The van der Waals surface area contributed by atoms with Crippen molar-refractivity contribution < 1.29 is 18.9 Å². The van der Waals surface area contributed by atoms with Gasteiger partial charge in [0, 0.05) is 6.07 Å². The van der Waals surface area contributed by atoms with Gasteiger partial charge in [0.1, 0.15) is 29.8 Å². The number of ether oxygens (including phenoxy) is 4. The zero-order valence-electron chi connectivity index (χ0n) is 12.4. The maximum Gasteiger partial charge on any atom is 0.197 e. The molecule has 1 unspecified atom stereocenters. The zero-order chi connectivity index (χ0) is 15.2. The van der Waals surface area contributed by atoms with Gasteiger partial charge in [-0.25, -0.2) is 0 Å². The van der Waals surface area contributed by atoms with E-state index in [1.807, 2.05) is 55.5 Å². The third-order valence-corrected chi connectivity index (χ3v) is 3.98. The summed E-state index contributed by atoms with van der Waals surface area (Å²) in [6, 6.07) is 15.5. The molecule has 1 aliphatic heterocycles. The Kier molecular flexibility index (Phi) is 5.08. The molecule has 3 rings (SSSR count). The average Bonchev–Trinajstić information content (AvgIpc) is 3.00. The van der Waals surface area contributed by atoms with Gasteiger partial charge in [-0.1, -0.05) is 30.0 Å². The SMILES string of the molecule is CC(OCCOc1ccccc1)Oc1ccc2c(c1)OCS2. The van der Waals surface area contributed by atoms with E-state index in [-0.39, 0.29) is 6.29 Å². The molecular weight excluding hydrogens is 300 g/mol. The second-order valence-corrected chi connectivity index (χ2v) is 5.70. The van der Waals surface area contributed by atoms with Crippen LogP contribution in [0.4, 0.5) is 0 Å². The molecule has 0 spiro atoms. The minimum Gasteiger partial charge on any atom is -0.491 e. The van der Waals surface area contributed by atoms with Crippen LogP contribution in [0.25, 0.3) is 0 Å². The van der Waals surface area contributed by atoms with Crippen LogP contribution in [0.3, 0.4) is 0 Å². The highest BCUT2D eigenvalue weighted by atomic mass is 32.2. The Morgan fingerprint density at radius 3 is 2.82 bits per heavy atom. The summed E-state index contributed by atoms with van der Waals surface area (Å²) in [6.07, 6.45) is -0.341. The first-order valence-corrected chi connectivity index (χ1v) is 8.15. The molecule has 22 heavy (non-hydrogen) atoms. The summed E-state index contributed by atoms with van der Waals surface area (Å²) in [7, 11) is 0. The summed E-state index contributed by atoms with van der Waals surface area (Å²) in [4.78, 5) is 1.15. The van der Waals surface area contributed by atoms with E-state index in [0.717, 1.165) is 22.1 Å². The number of benzene rings is 2. The van der Waals surface area contributed by atoms with Crippen LogP contribution in [0.2, 0.25) is 0 Å². The van der Waals surface area contributed by atoms with E-state index in [9.17, 15) is 0 Å². The molecule has 0 amide bonds. The summed E-state index contributed by atoms with van der Waals surface area (Å²) in [6.45, 7) is 2.82. The molecule has 2 aromatic carbocycles. The van der Waals surface area contributed by atoms with Crippen molar-refractivity contribution in [3.05, 3.63) is 48.5 Å². The lowest BCUT2D eigenvalue weighted by Crippen LogP contribution is -2.19. The van der Waals surface area contributed by atoms with Gasteiger partial charge in [-0.3, -0.25) is 0 Å². The van der Waals surface area contributed by atoms with Gasteiger partial charge in [-0.2, -0.15) is 0 Å². The molecule has 0 aromatic heterocycles. The second-order valence-electron chi connectivity index (χ2n) is 4.73. The van der Waals surface area contributed by atoms with Gasteiger partial charge in [0.05, 0.1) is 11.5 Å². The van der Waals surface area contributed by atoms with Crippen molar-refractivity contribution in [1.82, 2.24) is 0 Å². The standard InChI is InChI=1S/C17H18O4S/c1-13(18-9-10-19-14-5-3-2-4-6-14)21-15-7-8-17-16(11-15)20-12-22-17/h2-8,11,13H,9-10,12H2,1H3. The second kappa shape index (κ2) is 7.42. The van der Waals surface area contributed by atoms with Crippen molar-refractivity contribution >= 4 is 11.8 Å². The van der Waals surface area contributed by atoms with Crippen LogP contribution in [-0.4, -0.2) is 25.4 Å². The van der Waals surface area contributed by atoms with Crippen LogP contribution in [0.5, 0.6) is 17.2 Å². The number of hydrogen-bond donors (Lipinski definition) is 0. The predicted molar refractivity (Wildman–Crippen MR) is 85.8 cm³/mol. The van der Waals surface area contributed by atoms with Crippen molar-refractivity contribution in [2.24, 2.45) is 0 Å². The van der Waals surface area contributed by atoms with Gasteiger partial charge in [0.25, 0.3) is 0 Å². The molecule has 0 saturated heterocycles. The third kappa shape index (κ3) is 4.08. The zero-order valence-corrected chi connectivity index (χ0v) is 13.2. The fraction of sp³-hybridized carbons (Fsp3) is 0.294. The van der Waals surface area contributed by atoms with Crippen LogP contribution in [0.15, 0.2) is 53.4 Å². The highest BCUT2D eigenvalue weighted by Gasteiger charge is 2.14. The highest BCUT2D eigenvalue weighted by molar-refractivity contribution is 7.99. The molecule has 5 heteroatoms. The van der Waals surface area contributed by atoms with Gasteiger partial charge in [0.15, 0.2) is 6.29 Å². The Hall–Kier alpha value is -1.85. The molecule has 1 aliphatic rings. The van der Waals surface area contributed by atoms with Crippen molar-refractivity contribution in [3.8, 4) is 17.2 Å². The van der Waals surface area contributed by atoms with Gasteiger partial charge in [-0.15, -0.1) is 0 Å². The molecule has 0 saturated carbocycles. The predicted octanol–water partition coefficient (Wildman–Crippen LogP) is 3.95. The molecule has 116 valence electrons. The van der Waals surface area contributed by atoms with E-state index in [1.165, 1.54) is 0 Å². The molecular formula is C17H18O4S. The molecule has 0 fully saturated rings. The molecule has 0 radical (unpaired) electrons. The maximum absolute atomic E-state index is 5.72. The number of thioether (sulfide) groups is 1. The smallest absolute Gasteiger partial charge is 0.197 e. The van der Waals surface area contributed by atoms with E-state index < -0.39 is 0 Å². The van der Waals surface area contributed by atoms with E-state index in [2.05, 4.69) is 0 Å². The van der Waals surface area contributed by atoms with Gasteiger partial charge >= 0.3 is 0 Å². The number of para-hydroxylation sites is 1. The first-order chi connectivity index (χ1) is 10.8. The molecule has 1 atom stereocenters. The van der Waals surface area contributed by atoms with Crippen molar-refractivity contribution in [2.45, 2.75) is 18.1 Å². The van der Waals surface area contributed by atoms with Crippen molar-refractivity contribution in [1.29, 1.82) is 0 Å². The summed E-state index contributed by atoms with van der Waals surface area (Å²) in [5.74, 6) is 3.13.